The molecule has 0 atom stereocenters. The fourth-order valence-electron chi connectivity index (χ4n) is 5.59. The van der Waals surface area contributed by atoms with Gasteiger partial charge in [-0.2, -0.15) is 0 Å². The van der Waals surface area contributed by atoms with E-state index in [1.54, 1.807) is 0 Å². The lowest BCUT2D eigenvalue weighted by Gasteiger charge is -2.25. The highest BCUT2D eigenvalue weighted by molar-refractivity contribution is 7.80. The molecule has 0 aliphatic heterocycles. The van der Waals surface area contributed by atoms with E-state index in [4.69, 9.17) is 0 Å². The summed E-state index contributed by atoms with van der Waals surface area (Å²) < 4.78 is 0. The second-order valence-corrected chi connectivity index (χ2v) is 15.8. The van der Waals surface area contributed by atoms with E-state index >= 15 is 0 Å². The molecule has 0 nitrogen and oxygen atoms in total. The molecule has 0 fully saturated rings. The zero-order chi connectivity index (χ0) is 29.8. The van der Waals surface area contributed by atoms with Crippen LogP contribution in [0.3, 0.4) is 0 Å². The molecule has 0 aliphatic carbocycles. The molecule has 2 heteroatoms. The normalized spacial score (nSPS) is 11.3. The van der Waals surface area contributed by atoms with Crippen LogP contribution in [-0.4, -0.2) is 0 Å². The Labute approximate surface area is 260 Å². The molecule has 0 amide bonds. The van der Waals surface area contributed by atoms with Gasteiger partial charge in [-0.3, -0.25) is 0 Å². The van der Waals surface area contributed by atoms with Gasteiger partial charge in [0.2, 0.25) is 0 Å². The van der Waals surface area contributed by atoms with Gasteiger partial charge in [-0.05, 0) is 92.9 Å². The standard InChI is InChI=1S/C41H38P2/c1-30-13-21-36(22-14-30)42(37-23-15-31(2)16-24-37)40-11-7-5-9-34(40)29-35-10-6-8-12-41(35)43(38-25-17-32(3)18-26-38)39-27-19-33(4)20-28-39/h5-28H,29H2,1-4H3. The SMILES string of the molecule is Cc1ccc(P(c2ccc(C)cc2)c2ccccc2Cc2ccccc2P(c2ccc(C)cc2)c2ccc(C)cc2)cc1. The van der Waals surface area contributed by atoms with Crippen LogP contribution >= 0.6 is 15.8 Å². The van der Waals surface area contributed by atoms with E-state index in [9.17, 15) is 0 Å². The first-order valence-corrected chi connectivity index (χ1v) is 17.7. The Morgan fingerprint density at radius 1 is 0.326 bits per heavy atom. The third kappa shape index (κ3) is 6.73. The molecule has 0 spiro atoms. The third-order valence-corrected chi connectivity index (χ3v) is 13.1. The molecule has 6 aromatic rings. The van der Waals surface area contributed by atoms with E-state index in [0.717, 1.165) is 6.42 Å². The fourth-order valence-corrected chi connectivity index (χ4v) is 10.4. The summed E-state index contributed by atoms with van der Waals surface area (Å²) in [5.74, 6) is 0. The summed E-state index contributed by atoms with van der Waals surface area (Å²) in [6.07, 6.45) is 0.902. The van der Waals surface area contributed by atoms with E-state index in [1.165, 1.54) is 65.2 Å². The number of rotatable bonds is 8. The number of hydrogen-bond donors (Lipinski definition) is 0. The van der Waals surface area contributed by atoms with Crippen molar-refractivity contribution >= 4 is 47.7 Å². The van der Waals surface area contributed by atoms with Gasteiger partial charge in [0, 0.05) is 0 Å². The van der Waals surface area contributed by atoms with Gasteiger partial charge in [-0.15, -0.1) is 0 Å². The van der Waals surface area contributed by atoms with Gasteiger partial charge in [0.25, 0.3) is 0 Å². The Morgan fingerprint density at radius 3 is 0.860 bits per heavy atom. The van der Waals surface area contributed by atoms with Crippen LogP contribution in [0.4, 0.5) is 0 Å². The van der Waals surface area contributed by atoms with Gasteiger partial charge >= 0.3 is 0 Å². The maximum atomic E-state index is 2.37. The molecule has 0 heterocycles. The van der Waals surface area contributed by atoms with Crippen molar-refractivity contribution in [2.75, 3.05) is 0 Å². The number of benzene rings is 6. The second kappa shape index (κ2) is 13.2. The lowest BCUT2D eigenvalue weighted by Crippen LogP contribution is -2.26. The highest BCUT2D eigenvalue weighted by Crippen LogP contribution is 2.37. The summed E-state index contributed by atoms with van der Waals surface area (Å²) in [5, 5.41) is 8.46. The molecule has 0 saturated heterocycles. The summed E-state index contributed by atoms with van der Waals surface area (Å²) in [7, 11) is -1.40. The van der Waals surface area contributed by atoms with Gasteiger partial charge in [0.1, 0.15) is 0 Å². The Morgan fingerprint density at radius 2 is 0.581 bits per heavy atom. The topological polar surface area (TPSA) is 0 Å². The van der Waals surface area contributed by atoms with Gasteiger partial charge in [0.05, 0.1) is 0 Å². The fraction of sp³-hybridized carbons (Fsp3) is 0.122. The molecular formula is C41H38P2. The molecular weight excluding hydrogens is 554 g/mol. The van der Waals surface area contributed by atoms with Crippen LogP contribution in [0.25, 0.3) is 0 Å². The van der Waals surface area contributed by atoms with E-state index in [2.05, 4.69) is 173 Å². The van der Waals surface area contributed by atoms with Gasteiger partial charge in [-0.25, -0.2) is 0 Å². The van der Waals surface area contributed by atoms with E-state index < -0.39 is 15.8 Å². The smallest absolute Gasteiger partial charge is 0.00126 e. The highest BCUT2D eigenvalue weighted by atomic mass is 31.1. The monoisotopic (exact) mass is 592 g/mol. The molecule has 43 heavy (non-hydrogen) atoms. The predicted molar refractivity (Wildman–Crippen MR) is 192 cm³/mol. The van der Waals surface area contributed by atoms with E-state index in [1.807, 2.05) is 0 Å². The third-order valence-electron chi connectivity index (χ3n) is 8.01. The minimum absolute atomic E-state index is 0.702. The van der Waals surface area contributed by atoms with Crippen molar-refractivity contribution in [3.05, 3.63) is 179 Å². The van der Waals surface area contributed by atoms with Crippen molar-refractivity contribution in [2.45, 2.75) is 34.1 Å². The second-order valence-electron chi connectivity index (χ2n) is 11.4. The zero-order valence-electron chi connectivity index (χ0n) is 25.5. The van der Waals surface area contributed by atoms with Crippen molar-refractivity contribution < 1.29 is 0 Å². The van der Waals surface area contributed by atoms with Crippen molar-refractivity contribution in [3.63, 3.8) is 0 Å². The predicted octanol–water partition coefficient (Wildman–Crippen LogP) is 8.03. The van der Waals surface area contributed by atoms with Crippen LogP contribution in [0.2, 0.25) is 0 Å². The first-order chi connectivity index (χ1) is 21.0. The maximum Gasteiger partial charge on any atom is -0.00126 e. The number of hydrogen-bond acceptors (Lipinski definition) is 0. The van der Waals surface area contributed by atoms with Crippen LogP contribution in [0.15, 0.2) is 146 Å². The van der Waals surface area contributed by atoms with Gasteiger partial charge in [-0.1, -0.05) is 168 Å². The summed E-state index contributed by atoms with van der Waals surface area (Å²) in [5.41, 5.74) is 8.00. The largest absolute Gasteiger partial charge is 0.0619 e. The summed E-state index contributed by atoms with van der Waals surface area (Å²) in [6, 6.07) is 55.0. The van der Waals surface area contributed by atoms with Gasteiger partial charge in [0.15, 0.2) is 0 Å². The Kier molecular flexibility index (Phi) is 9.00. The molecule has 6 rings (SSSR count). The zero-order valence-corrected chi connectivity index (χ0v) is 27.2. The molecule has 0 aliphatic rings. The average Bonchev–Trinajstić information content (AvgIpc) is 3.03. The van der Waals surface area contributed by atoms with Crippen molar-refractivity contribution in [2.24, 2.45) is 0 Å². The van der Waals surface area contributed by atoms with Crippen LogP contribution in [0.5, 0.6) is 0 Å². The molecule has 0 aromatic heterocycles. The Bertz CT molecular complexity index is 1570. The molecule has 6 aromatic carbocycles. The molecule has 0 radical (unpaired) electrons. The van der Waals surface area contributed by atoms with Crippen LogP contribution in [0, 0.1) is 27.7 Å². The van der Waals surface area contributed by atoms with E-state index in [0.29, 0.717) is 0 Å². The highest BCUT2D eigenvalue weighted by Gasteiger charge is 2.23. The molecule has 0 N–H and O–H groups in total. The van der Waals surface area contributed by atoms with Crippen LogP contribution in [-0.2, 0) is 6.42 Å². The maximum absolute atomic E-state index is 2.37. The Hall–Kier alpha value is -3.82. The first-order valence-electron chi connectivity index (χ1n) is 15.0. The van der Waals surface area contributed by atoms with Crippen molar-refractivity contribution in [1.29, 1.82) is 0 Å². The minimum Gasteiger partial charge on any atom is -0.0619 e. The minimum atomic E-state index is -0.702. The van der Waals surface area contributed by atoms with Gasteiger partial charge < -0.3 is 0 Å². The summed E-state index contributed by atoms with van der Waals surface area (Å²) in [6.45, 7) is 8.68. The Balaban J connectivity index is 1.47. The van der Waals surface area contributed by atoms with Crippen LogP contribution < -0.4 is 31.8 Å². The molecule has 0 saturated carbocycles. The van der Waals surface area contributed by atoms with Crippen LogP contribution in [0.1, 0.15) is 33.4 Å². The average molecular weight is 593 g/mol. The summed E-state index contributed by atoms with van der Waals surface area (Å²) in [4.78, 5) is 0. The molecule has 0 bridgehead atoms. The van der Waals surface area contributed by atoms with Crippen molar-refractivity contribution in [1.82, 2.24) is 0 Å². The lowest BCUT2D eigenvalue weighted by atomic mass is 10.1. The lowest BCUT2D eigenvalue weighted by molar-refractivity contribution is 1.22. The van der Waals surface area contributed by atoms with E-state index in [-0.39, 0.29) is 0 Å². The molecule has 0 unspecified atom stereocenters. The number of aryl methyl sites for hydroxylation is 4. The first kappa shape index (κ1) is 29.3. The van der Waals surface area contributed by atoms with Crippen molar-refractivity contribution in [3.8, 4) is 0 Å². The quantitative estimate of drug-likeness (QED) is 0.157. The summed E-state index contributed by atoms with van der Waals surface area (Å²) >= 11 is 0. The molecule has 212 valence electrons.